The average molecular weight is 442 g/mol. The summed E-state index contributed by atoms with van der Waals surface area (Å²) in [6, 6.07) is 16.7. The predicted molar refractivity (Wildman–Crippen MR) is 114 cm³/mol. The number of nitrogens with zero attached hydrogens (tertiary/aromatic N) is 1. The van der Waals surface area contributed by atoms with Crippen molar-refractivity contribution in [2.45, 2.75) is 4.90 Å². The fourth-order valence-electron chi connectivity index (χ4n) is 2.79. The maximum Gasteiger partial charge on any atom is 0.337 e. The van der Waals surface area contributed by atoms with Crippen LogP contribution in [-0.4, -0.2) is 34.5 Å². The van der Waals surface area contributed by atoms with E-state index >= 15 is 0 Å². The lowest BCUT2D eigenvalue weighted by molar-refractivity contribution is 0.0600. The second kappa shape index (κ2) is 8.97. The lowest BCUT2D eigenvalue weighted by Crippen LogP contribution is -2.26. The molecule has 31 heavy (non-hydrogen) atoms. The van der Waals surface area contributed by atoms with Crippen molar-refractivity contribution in [3.8, 4) is 0 Å². The van der Waals surface area contributed by atoms with E-state index in [2.05, 4.69) is 10.1 Å². The van der Waals surface area contributed by atoms with Gasteiger partial charge in [0.25, 0.3) is 15.9 Å². The summed E-state index contributed by atoms with van der Waals surface area (Å²) in [5.41, 5.74) is 0.995. The minimum atomic E-state index is -3.99. The van der Waals surface area contributed by atoms with Gasteiger partial charge >= 0.3 is 5.97 Å². The molecule has 0 fully saturated rings. The van der Waals surface area contributed by atoms with Gasteiger partial charge in [-0.05, 0) is 60.7 Å². The Hall–Kier alpha value is -3.72. The number of ether oxygens (including phenoxy) is 1. The summed E-state index contributed by atoms with van der Waals surface area (Å²) in [5.74, 6) is -1.58. The smallest absolute Gasteiger partial charge is 0.337 e. The highest BCUT2D eigenvalue weighted by atomic mass is 32.2. The summed E-state index contributed by atoms with van der Waals surface area (Å²) in [7, 11) is -1.39. The summed E-state index contributed by atoms with van der Waals surface area (Å²) in [6.45, 7) is 0. The number of nitrogens with one attached hydrogen (secondary N) is 1. The van der Waals surface area contributed by atoms with Gasteiger partial charge in [0.1, 0.15) is 5.82 Å². The van der Waals surface area contributed by atoms with Crippen molar-refractivity contribution >= 4 is 33.3 Å². The monoisotopic (exact) mass is 442 g/mol. The van der Waals surface area contributed by atoms with Crippen molar-refractivity contribution in [3.05, 3.63) is 89.7 Å². The molecule has 1 N–H and O–H groups in total. The first kappa shape index (κ1) is 22.0. The summed E-state index contributed by atoms with van der Waals surface area (Å²) in [5, 5.41) is 2.63. The number of anilines is 2. The van der Waals surface area contributed by atoms with Gasteiger partial charge in [-0.3, -0.25) is 9.10 Å². The molecule has 0 saturated heterocycles. The van der Waals surface area contributed by atoms with E-state index in [1.165, 1.54) is 56.6 Å². The van der Waals surface area contributed by atoms with Crippen LogP contribution in [0, 0.1) is 5.82 Å². The van der Waals surface area contributed by atoms with Crippen molar-refractivity contribution in [2.75, 3.05) is 23.8 Å². The summed E-state index contributed by atoms with van der Waals surface area (Å²) >= 11 is 0. The van der Waals surface area contributed by atoms with Gasteiger partial charge in [0.15, 0.2) is 0 Å². The first-order chi connectivity index (χ1) is 14.7. The molecule has 160 valence electrons. The standard InChI is InChI=1S/C22H19FN2O5S/c1-25(19-11-9-17(23)10-12-19)31(28,29)20-8-4-5-15(14-20)21(26)24-18-7-3-6-16(13-18)22(27)30-2/h3-14H,1-2H3,(H,24,26). The maximum absolute atomic E-state index is 13.1. The van der Waals surface area contributed by atoms with Gasteiger partial charge < -0.3 is 10.1 Å². The van der Waals surface area contributed by atoms with Crippen LogP contribution in [0.4, 0.5) is 15.8 Å². The topological polar surface area (TPSA) is 92.8 Å². The number of benzene rings is 3. The van der Waals surface area contributed by atoms with Gasteiger partial charge in [0, 0.05) is 18.3 Å². The molecule has 3 aromatic carbocycles. The minimum Gasteiger partial charge on any atom is -0.465 e. The first-order valence-corrected chi connectivity index (χ1v) is 10.5. The molecule has 3 aromatic rings. The number of halogens is 1. The molecular formula is C22H19FN2O5S. The highest BCUT2D eigenvalue weighted by Gasteiger charge is 2.22. The normalized spacial score (nSPS) is 10.9. The van der Waals surface area contributed by atoms with Crippen LogP contribution in [0.3, 0.4) is 0 Å². The molecule has 0 aliphatic heterocycles. The van der Waals surface area contributed by atoms with Crippen LogP contribution in [0.15, 0.2) is 77.7 Å². The Labute approximate surface area is 179 Å². The molecular weight excluding hydrogens is 423 g/mol. The van der Waals surface area contributed by atoms with E-state index in [0.717, 1.165) is 16.4 Å². The highest BCUT2D eigenvalue weighted by Crippen LogP contribution is 2.23. The van der Waals surface area contributed by atoms with Gasteiger partial charge in [-0.1, -0.05) is 12.1 Å². The molecule has 0 radical (unpaired) electrons. The van der Waals surface area contributed by atoms with E-state index in [4.69, 9.17) is 0 Å². The third-order valence-electron chi connectivity index (χ3n) is 4.49. The number of hydrogen-bond acceptors (Lipinski definition) is 5. The Morgan fingerprint density at radius 1 is 0.935 bits per heavy atom. The SMILES string of the molecule is COC(=O)c1cccc(NC(=O)c2cccc(S(=O)(=O)N(C)c3ccc(F)cc3)c2)c1. The van der Waals surface area contributed by atoms with E-state index in [1.54, 1.807) is 18.2 Å². The largest absolute Gasteiger partial charge is 0.465 e. The molecule has 0 bridgehead atoms. The van der Waals surface area contributed by atoms with E-state index < -0.39 is 27.7 Å². The zero-order chi connectivity index (χ0) is 22.6. The molecule has 0 aliphatic rings. The Morgan fingerprint density at radius 3 is 2.26 bits per heavy atom. The zero-order valence-electron chi connectivity index (χ0n) is 16.7. The average Bonchev–Trinajstić information content (AvgIpc) is 2.78. The van der Waals surface area contributed by atoms with Crippen molar-refractivity contribution in [1.82, 2.24) is 0 Å². The Kier molecular flexibility index (Phi) is 6.36. The van der Waals surface area contributed by atoms with Crippen molar-refractivity contribution in [3.63, 3.8) is 0 Å². The van der Waals surface area contributed by atoms with Crippen molar-refractivity contribution in [2.24, 2.45) is 0 Å². The Morgan fingerprint density at radius 2 is 1.58 bits per heavy atom. The van der Waals surface area contributed by atoms with Crippen molar-refractivity contribution < 1.29 is 27.1 Å². The second-order valence-corrected chi connectivity index (χ2v) is 8.47. The van der Waals surface area contributed by atoms with Gasteiger partial charge in [0.05, 0.1) is 23.3 Å². The Balaban J connectivity index is 1.84. The highest BCUT2D eigenvalue weighted by molar-refractivity contribution is 7.92. The lowest BCUT2D eigenvalue weighted by Gasteiger charge is -2.19. The lowest BCUT2D eigenvalue weighted by atomic mass is 10.1. The van der Waals surface area contributed by atoms with E-state index in [-0.39, 0.29) is 21.7 Å². The molecule has 0 aromatic heterocycles. The Bertz CT molecular complexity index is 1230. The second-order valence-electron chi connectivity index (χ2n) is 6.50. The van der Waals surface area contributed by atoms with Gasteiger partial charge in [-0.25, -0.2) is 17.6 Å². The number of sulfonamides is 1. The molecule has 1 amide bonds. The van der Waals surface area contributed by atoms with Crippen LogP contribution < -0.4 is 9.62 Å². The fourth-order valence-corrected chi connectivity index (χ4v) is 4.03. The van der Waals surface area contributed by atoms with Crippen LogP contribution >= 0.6 is 0 Å². The third-order valence-corrected chi connectivity index (χ3v) is 6.27. The number of methoxy groups -OCH3 is 1. The van der Waals surface area contributed by atoms with Gasteiger partial charge in [-0.2, -0.15) is 0 Å². The van der Waals surface area contributed by atoms with Crippen LogP contribution in [0.1, 0.15) is 20.7 Å². The zero-order valence-corrected chi connectivity index (χ0v) is 17.5. The summed E-state index contributed by atoms with van der Waals surface area (Å²) in [4.78, 5) is 24.2. The van der Waals surface area contributed by atoms with Gasteiger partial charge in [0.2, 0.25) is 0 Å². The van der Waals surface area contributed by atoms with E-state index in [0.29, 0.717) is 5.69 Å². The molecule has 3 rings (SSSR count). The molecule has 0 spiro atoms. The number of carbonyl (C=O) groups excluding carboxylic acids is 2. The summed E-state index contributed by atoms with van der Waals surface area (Å²) < 4.78 is 44.7. The maximum atomic E-state index is 13.1. The fraction of sp³-hybridized carbons (Fsp3) is 0.0909. The van der Waals surface area contributed by atoms with E-state index in [9.17, 15) is 22.4 Å². The number of esters is 1. The van der Waals surface area contributed by atoms with Crippen LogP contribution in [0.5, 0.6) is 0 Å². The predicted octanol–water partition coefficient (Wildman–Crippen LogP) is 3.69. The molecule has 7 nitrogen and oxygen atoms in total. The molecule has 9 heteroatoms. The first-order valence-electron chi connectivity index (χ1n) is 9.06. The molecule has 0 atom stereocenters. The number of rotatable bonds is 6. The molecule has 0 saturated carbocycles. The molecule has 0 aliphatic carbocycles. The van der Waals surface area contributed by atoms with Gasteiger partial charge in [-0.15, -0.1) is 0 Å². The summed E-state index contributed by atoms with van der Waals surface area (Å²) in [6.07, 6.45) is 0. The van der Waals surface area contributed by atoms with Crippen molar-refractivity contribution in [1.29, 1.82) is 0 Å². The van der Waals surface area contributed by atoms with E-state index in [1.807, 2.05) is 0 Å². The number of hydrogen-bond donors (Lipinski definition) is 1. The number of amides is 1. The van der Waals surface area contributed by atoms with Crippen LogP contribution in [0.25, 0.3) is 0 Å². The molecule has 0 heterocycles. The van der Waals surface area contributed by atoms with Crippen LogP contribution in [0.2, 0.25) is 0 Å². The third kappa shape index (κ3) is 4.89. The quantitative estimate of drug-likeness (QED) is 0.588. The van der Waals surface area contributed by atoms with Crippen LogP contribution in [-0.2, 0) is 14.8 Å². The minimum absolute atomic E-state index is 0.102. The number of carbonyl (C=O) groups is 2. The molecule has 0 unspecified atom stereocenters.